The van der Waals surface area contributed by atoms with E-state index < -0.39 is 5.97 Å². The Labute approximate surface area is 169 Å². The van der Waals surface area contributed by atoms with E-state index in [2.05, 4.69) is 22.6 Å². The average Bonchev–Trinajstić information content (AvgIpc) is 2.86. The number of carbonyl (C=O) groups excluding carboxylic acids is 3. The van der Waals surface area contributed by atoms with Gasteiger partial charge >= 0.3 is 5.97 Å². The van der Waals surface area contributed by atoms with Crippen molar-refractivity contribution in [3.8, 4) is 11.5 Å². The van der Waals surface area contributed by atoms with Crippen LogP contribution in [0.3, 0.4) is 0 Å². The van der Waals surface area contributed by atoms with Crippen molar-refractivity contribution in [3.63, 3.8) is 0 Å². The topological polar surface area (TPSA) is 82.1 Å². The lowest BCUT2D eigenvalue weighted by atomic mass is 10.2. The van der Waals surface area contributed by atoms with E-state index in [-0.39, 0.29) is 24.4 Å². The zero-order valence-electron chi connectivity index (χ0n) is 14.5. The number of imide groups is 1. The van der Waals surface area contributed by atoms with Crippen LogP contribution in [-0.4, -0.2) is 48.9 Å². The Kier molecular flexibility index (Phi) is 7.33. The Morgan fingerprint density at radius 2 is 2.04 bits per heavy atom. The maximum atomic E-state index is 12.2. The number of hydrogen-bond donors (Lipinski definition) is 0. The third kappa shape index (κ3) is 4.70. The molecule has 1 fully saturated rings. The SMILES string of the molecule is CCOC(=O)COc1c(I)cc(C=C2SC(=O)N(CC)C2=O)cc1OC. The second-order valence-electron chi connectivity index (χ2n) is 5.05. The minimum absolute atomic E-state index is 0.227. The monoisotopic (exact) mass is 491 g/mol. The Morgan fingerprint density at radius 3 is 2.62 bits per heavy atom. The lowest BCUT2D eigenvalue weighted by Gasteiger charge is -2.13. The average molecular weight is 491 g/mol. The van der Waals surface area contributed by atoms with Crippen molar-refractivity contribution in [3.05, 3.63) is 26.2 Å². The smallest absolute Gasteiger partial charge is 0.344 e. The first kappa shape index (κ1) is 20.6. The fourth-order valence-electron chi connectivity index (χ4n) is 2.22. The Hall–Kier alpha value is -1.75. The second-order valence-corrected chi connectivity index (χ2v) is 7.21. The van der Waals surface area contributed by atoms with Crippen LogP contribution in [-0.2, 0) is 14.3 Å². The second kappa shape index (κ2) is 9.26. The Balaban J connectivity index is 2.26. The van der Waals surface area contributed by atoms with Crippen molar-refractivity contribution in [1.82, 2.24) is 4.90 Å². The predicted molar refractivity (Wildman–Crippen MR) is 106 cm³/mol. The number of ether oxygens (including phenoxy) is 3. The third-order valence-corrected chi connectivity index (χ3v) is 5.09. The summed E-state index contributed by atoms with van der Waals surface area (Å²) in [6, 6.07) is 3.46. The molecule has 1 aliphatic heterocycles. The number of likely N-dealkylation sites (N-methyl/N-ethyl adjacent to an activating group) is 1. The highest BCUT2D eigenvalue weighted by Crippen LogP contribution is 2.37. The third-order valence-electron chi connectivity index (χ3n) is 3.38. The standard InChI is InChI=1S/C17H18INO6S/c1-4-19-16(21)13(26-17(19)22)8-10-6-11(18)15(12(7-10)23-3)25-9-14(20)24-5-2/h6-8H,4-5,9H2,1-3H3. The van der Waals surface area contributed by atoms with Gasteiger partial charge in [-0.15, -0.1) is 0 Å². The predicted octanol–water partition coefficient (Wildman–Crippen LogP) is 3.30. The van der Waals surface area contributed by atoms with Crippen molar-refractivity contribution >= 4 is 57.5 Å². The van der Waals surface area contributed by atoms with Crippen LogP contribution in [0, 0.1) is 3.57 Å². The summed E-state index contributed by atoms with van der Waals surface area (Å²) in [5.41, 5.74) is 0.691. The number of halogens is 1. The van der Waals surface area contributed by atoms with Gasteiger partial charge in [-0.25, -0.2) is 4.79 Å². The van der Waals surface area contributed by atoms with Crippen molar-refractivity contribution in [2.24, 2.45) is 0 Å². The maximum Gasteiger partial charge on any atom is 0.344 e. The molecule has 1 aromatic rings. The zero-order chi connectivity index (χ0) is 19.3. The molecule has 26 heavy (non-hydrogen) atoms. The molecule has 0 spiro atoms. The highest BCUT2D eigenvalue weighted by atomic mass is 127. The van der Waals surface area contributed by atoms with E-state index >= 15 is 0 Å². The van der Waals surface area contributed by atoms with Crippen molar-refractivity contribution in [2.45, 2.75) is 13.8 Å². The van der Waals surface area contributed by atoms with Crippen molar-refractivity contribution in [1.29, 1.82) is 0 Å². The van der Waals surface area contributed by atoms with Gasteiger partial charge in [-0.1, -0.05) is 0 Å². The summed E-state index contributed by atoms with van der Waals surface area (Å²) in [5.74, 6) is 0.0592. The molecule has 0 radical (unpaired) electrons. The van der Waals surface area contributed by atoms with Crippen LogP contribution in [0.25, 0.3) is 6.08 Å². The van der Waals surface area contributed by atoms with Crippen molar-refractivity contribution < 1.29 is 28.6 Å². The molecule has 9 heteroatoms. The number of carbonyl (C=O) groups is 3. The summed E-state index contributed by atoms with van der Waals surface area (Å²) in [6.07, 6.45) is 1.64. The summed E-state index contributed by atoms with van der Waals surface area (Å²) in [5, 5.41) is -0.278. The van der Waals surface area contributed by atoms with Gasteiger partial charge in [0, 0.05) is 6.54 Å². The molecule has 7 nitrogen and oxygen atoms in total. The van der Waals surface area contributed by atoms with E-state index in [0.717, 1.165) is 11.8 Å². The quantitative estimate of drug-likeness (QED) is 0.329. The molecule has 0 atom stereocenters. The van der Waals surface area contributed by atoms with Gasteiger partial charge in [-0.2, -0.15) is 0 Å². The van der Waals surface area contributed by atoms with Gasteiger partial charge in [0.1, 0.15) is 0 Å². The molecule has 0 aromatic heterocycles. The van der Waals surface area contributed by atoms with Crippen LogP contribution in [0.15, 0.2) is 17.0 Å². The molecule has 0 unspecified atom stereocenters. The van der Waals surface area contributed by atoms with E-state index in [1.165, 1.54) is 12.0 Å². The first-order chi connectivity index (χ1) is 12.4. The van der Waals surface area contributed by atoms with E-state index in [4.69, 9.17) is 14.2 Å². The zero-order valence-corrected chi connectivity index (χ0v) is 17.5. The van der Waals surface area contributed by atoms with E-state index in [1.54, 1.807) is 32.1 Å². The summed E-state index contributed by atoms with van der Waals surface area (Å²) in [4.78, 5) is 37.0. The summed E-state index contributed by atoms with van der Waals surface area (Å²) in [7, 11) is 1.48. The number of thioether (sulfide) groups is 1. The number of methoxy groups -OCH3 is 1. The van der Waals surface area contributed by atoms with Crippen LogP contribution < -0.4 is 9.47 Å². The van der Waals surface area contributed by atoms with Crippen LogP contribution in [0.2, 0.25) is 0 Å². The van der Waals surface area contributed by atoms with Gasteiger partial charge in [0.05, 0.1) is 22.2 Å². The van der Waals surface area contributed by atoms with Crippen LogP contribution in [0.1, 0.15) is 19.4 Å². The van der Waals surface area contributed by atoms with Crippen LogP contribution in [0.5, 0.6) is 11.5 Å². The molecule has 0 bridgehead atoms. The maximum absolute atomic E-state index is 12.2. The summed E-state index contributed by atoms with van der Waals surface area (Å²) in [6.45, 7) is 3.86. The molecule has 2 rings (SSSR count). The number of nitrogens with zero attached hydrogens (tertiary/aromatic N) is 1. The number of esters is 1. The Morgan fingerprint density at radius 1 is 1.31 bits per heavy atom. The molecule has 140 valence electrons. The van der Waals surface area contributed by atoms with Crippen LogP contribution >= 0.6 is 34.4 Å². The van der Waals surface area contributed by atoms with Gasteiger partial charge < -0.3 is 14.2 Å². The molecule has 1 saturated heterocycles. The summed E-state index contributed by atoms with van der Waals surface area (Å²) < 4.78 is 16.4. The van der Waals surface area contributed by atoms with Gasteiger partial charge in [0.25, 0.3) is 11.1 Å². The molecule has 1 aromatic carbocycles. The van der Waals surface area contributed by atoms with Gasteiger partial charge in [-0.05, 0) is 72.0 Å². The normalized spacial score (nSPS) is 15.5. The number of rotatable bonds is 7. The number of benzene rings is 1. The fraction of sp³-hybridized carbons (Fsp3) is 0.353. The van der Waals surface area contributed by atoms with Gasteiger partial charge in [0.15, 0.2) is 18.1 Å². The molecular formula is C17H18INO6S. The minimum atomic E-state index is -0.470. The van der Waals surface area contributed by atoms with E-state index in [9.17, 15) is 14.4 Å². The highest BCUT2D eigenvalue weighted by molar-refractivity contribution is 14.1. The van der Waals surface area contributed by atoms with Gasteiger partial charge in [0.2, 0.25) is 0 Å². The minimum Gasteiger partial charge on any atom is -0.493 e. The first-order valence-corrected chi connectivity index (χ1v) is 9.72. The largest absolute Gasteiger partial charge is 0.493 e. The highest BCUT2D eigenvalue weighted by Gasteiger charge is 2.33. The molecule has 1 heterocycles. The molecule has 2 amide bonds. The molecule has 0 saturated carbocycles. The lowest BCUT2D eigenvalue weighted by Crippen LogP contribution is -2.27. The molecular weight excluding hydrogens is 473 g/mol. The number of hydrogen-bond acceptors (Lipinski definition) is 7. The summed E-state index contributed by atoms with van der Waals surface area (Å²) >= 11 is 2.96. The molecule has 0 aliphatic carbocycles. The van der Waals surface area contributed by atoms with E-state index in [0.29, 0.717) is 32.1 Å². The number of amides is 2. The van der Waals surface area contributed by atoms with Crippen LogP contribution in [0.4, 0.5) is 4.79 Å². The van der Waals surface area contributed by atoms with Gasteiger partial charge in [-0.3, -0.25) is 14.5 Å². The van der Waals surface area contributed by atoms with E-state index in [1.807, 2.05) is 0 Å². The van der Waals surface area contributed by atoms with Crippen molar-refractivity contribution in [2.75, 3.05) is 26.9 Å². The first-order valence-electron chi connectivity index (χ1n) is 7.82. The lowest BCUT2D eigenvalue weighted by molar-refractivity contribution is -0.145. The fourth-order valence-corrected chi connectivity index (χ4v) is 3.90. The molecule has 1 aliphatic rings. The Bertz CT molecular complexity index is 764. The molecule has 0 N–H and O–H groups in total.